The largest absolute Gasteiger partial charge is 0.366 e. The van der Waals surface area contributed by atoms with E-state index in [9.17, 15) is 4.79 Å². The molecule has 0 bridgehead atoms. The highest BCUT2D eigenvalue weighted by Crippen LogP contribution is 2.26. The number of para-hydroxylation sites is 2. The second kappa shape index (κ2) is 8.03. The first-order chi connectivity index (χ1) is 14.6. The Bertz CT molecular complexity index is 1220. The van der Waals surface area contributed by atoms with Gasteiger partial charge in [-0.15, -0.1) is 11.3 Å². The highest BCUT2D eigenvalue weighted by Gasteiger charge is 2.22. The van der Waals surface area contributed by atoms with Crippen molar-refractivity contribution in [2.75, 3.05) is 31.1 Å². The van der Waals surface area contributed by atoms with Crippen LogP contribution in [0.1, 0.15) is 4.88 Å². The third-order valence-electron chi connectivity index (χ3n) is 5.20. The molecule has 4 heterocycles. The van der Waals surface area contributed by atoms with Crippen LogP contribution in [0.25, 0.3) is 17.0 Å². The van der Waals surface area contributed by atoms with Crippen LogP contribution in [-0.2, 0) is 6.54 Å². The normalized spacial score (nSPS) is 15.2. The Morgan fingerprint density at radius 1 is 1.07 bits per heavy atom. The molecule has 5 rings (SSSR count). The van der Waals surface area contributed by atoms with E-state index in [1.54, 1.807) is 17.5 Å². The monoisotopic (exact) mass is 460 g/mol. The molecule has 0 aliphatic carbocycles. The molecule has 0 amide bonds. The molecule has 154 valence electrons. The number of nitrogens with zero attached hydrogens (tertiary/aromatic N) is 5. The molecule has 0 spiro atoms. The minimum absolute atomic E-state index is 0.156. The zero-order chi connectivity index (χ0) is 20.7. The molecule has 0 unspecified atom stereocenters. The number of hydrogen-bond acceptors (Lipinski definition) is 6. The third kappa shape index (κ3) is 3.72. The summed E-state index contributed by atoms with van der Waals surface area (Å²) in [4.78, 5) is 26.2. The van der Waals surface area contributed by atoms with E-state index in [1.807, 2.05) is 30.3 Å². The average molecular weight is 461 g/mol. The van der Waals surface area contributed by atoms with Crippen molar-refractivity contribution in [2.45, 2.75) is 6.54 Å². The maximum absolute atomic E-state index is 12.9. The van der Waals surface area contributed by atoms with Crippen molar-refractivity contribution in [3.8, 4) is 5.95 Å². The first-order valence-electron chi connectivity index (χ1n) is 9.53. The van der Waals surface area contributed by atoms with Gasteiger partial charge in [0.1, 0.15) is 5.02 Å². The predicted molar refractivity (Wildman–Crippen MR) is 121 cm³/mol. The molecule has 7 nitrogen and oxygen atoms in total. The van der Waals surface area contributed by atoms with Crippen LogP contribution >= 0.6 is 34.5 Å². The van der Waals surface area contributed by atoms with Gasteiger partial charge in [0.2, 0.25) is 5.95 Å². The van der Waals surface area contributed by atoms with Crippen LogP contribution in [0.2, 0.25) is 9.36 Å². The number of aromatic nitrogens is 4. The second-order valence-electron chi connectivity index (χ2n) is 7.11. The van der Waals surface area contributed by atoms with Crippen LogP contribution in [0.5, 0.6) is 0 Å². The molecule has 0 saturated carbocycles. The van der Waals surface area contributed by atoms with Gasteiger partial charge in [-0.3, -0.25) is 9.69 Å². The standard InChI is InChI=1S/C20H18Cl2N6OS/c21-17-6-5-13(30-17)12-26-7-9-27(10-8-26)16-11-23-28(19(29)18(16)22)20-24-14-3-1-2-4-15(14)25-20/h1-6,11H,7-10,12H2,(H,24,25). The van der Waals surface area contributed by atoms with Crippen LogP contribution in [-0.4, -0.2) is 50.8 Å². The molecule has 4 aromatic rings. The van der Waals surface area contributed by atoms with Gasteiger partial charge in [0.05, 0.1) is 27.3 Å². The second-order valence-corrected chi connectivity index (χ2v) is 9.28. The van der Waals surface area contributed by atoms with E-state index in [0.29, 0.717) is 11.6 Å². The molecule has 1 fully saturated rings. The number of imidazole rings is 1. The van der Waals surface area contributed by atoms with Gasteiger partial charge in [-0.25, -0.2) is 4.98 Å². The Balaban J connectivity index is 1.33. The lowest BCUT2D eigenvalue weighted by Gasteiger charge is -2.35. The molecule has 0 radical (unpaired) electrons. The minimum Gasteiger partial charge on any atom is -0.366 e. The number of H-pyrrole nitrogens is 1. The molecule has 1 saturated heterocycles. The Kier molecular flexibility index (Phi) is 5.24. The Hall–Kier alpha value is -2.39. The topological polar surface area (TPSA) is 70.1 Å². The zero-order valence-corrected chi connectivity index (χ0v) is 18.2. The zero-order valence-electron chi connectivity index (χ0n) is 15.9. The lowest BCUT2D eigenvalue weighted by Crippen LogP contribution is -2.46. The summed E-state index contributed by atoms with van der Waals surface area (Å²) in [6.45, 7) is 4.17. The Morgan fingerprint density at radius 2 is 1.87 bits per heavy atom. The molecule has 0 atom stereocenters. The van der Waals surface area contributed by atoms with Gasteiger partial charge >= 0.3 is 0 Å². The van der Waals surface area contributed by atoms with Crippen molar-refractivity contribution < 1.29 is 0 Å². The number of halogens is 2. The lowest BCUT2D eigenvalue weighted by molar-refractivity contribution is 0.252. The summed E-state index contributed by atoms with van der Waals surface area (Å²) in [5.74, 6) is 0.356. The number of piperazine rings is 1. The highest BCUT2D eigenvalue weighted by molar-refractivity contribution is 7.16. The Labute approximate surface area is 186 Å². The SMILES string of the molecule is O=c1c(Cl)c(N2CCN(Cc3ccc(Cl)s3)CC2)cnn1-c1nc2ccccc2[nH]1. The highest BCUT2D eigenvalue weighted by atomic mass is 35.5. The van der Waals surface area contributed by atoms with E-state index in [0.717, 1.165) is 48.1 Å². The fourth-order valence-corrected chi connectivity index (χ4v) is 5.02. The molecular formula is C20H18Cl2N6OS. The summed E-state index contributed by atoms with van der Waals surface area (Å²) in [5.41, 5.74) is 1.88. The summed E-state index contributed by atoms with van der Waals surface area (Å²) < 4.78 is 2.02. The first-order valence-corrected chi connectivity index (χ1v) is 11.1. The maximum Gasteiger partial charge on any atom is 0.295 e. The number of fused-ring (bicyclic) bond motifs is 1. The molecule has 1 N–H and O–H groups in total. The molecule has 10 heteroatoms. The fourth-order valence-electron chi connectivity index (χ4n) is 3.64. The van der Waals surface area contributed by atoms with Gasteiger partial charge in [0.15, 0.2) is 0 Å². The summed E-state index contributed by atoms with van der Waals surface area (Å²) in [7, 11) is 0. The van der Waals surface area contributed by atoms with Crippen molar-refractivity contribution in [1.82, 2.24) is 24.6 Å². The number of hydrogen-bond donors (Lipinski definition) is 1. The van der Waals surface area contributed by atoms with Crippen molar-refractivity contribution in [3.63, 3.8) is 0 Å². The van der Waals surface area contributed by atoms with Crippen LogP contribution in [0.3, 0.4) is 0 Å². The Morgan fingerprint density at radius 3 is 2.60 bits per heavy atom. The predicted octanol–water partition coefficient (Wildman–Crippen LogP) is 3.80. The molecule has 3 aromatic heterocycles. The quantitative estimate of drug-likeness (QED) is 0.501. The molecule has 30 heavy (non-hydrogen) atoms. The van der Waals surface area contributed by atoms with Crippen molar-refractivity contribution >= 4 is 51.3 Å². The molecule has 1 aromatic carbocycles. The summed E-state index contributed by atoms with van der Waals surface area (Å²) in [5, 5.41) is 4.48. The number of rotatable bonds is 4. The van der Waals surface area contributed by atoms with E-state index in [1.165, 1.54) is 9.56 Å². The summed E-state index contributed by atoms with van der Waals surface area (Å²) in [6.07, 6.45) is 1.64. The van der Waals surface area contributed by atoms with Gasteiger partial charge < -0.3 is 9.88 Å². The summed E-state index contributed by atoms with van der Waals surface area (Å²) >= 11 is 14.1. The van der Waals surface area contributed by atoms with E-state index < -0.39 is 0 Å². The number of nitrogens with one attached hydrogen (secondary N) is 1. The fraction of sp³-hybridized carbons (Fsp3) is 0.250. The van der Waals surface area contributed by atoms with Crippen LogP contribution in [0.15, 0.2) is 47.4 Å². The van der Waals surface area contributed by atoms with E-state index >= 15 is 0 Å². The number of thiophene rings is 1. The van der Waals surface area contributed by atoms with E-state index in [-0.39, 0.29) is 10.6 Å². The van der Waals surface area contributed by atoms with Crippen molar-refractivity contribution in [1.29, 1.82) is 0 Å². The van der Waals surface area contributed by atoms with Crippen molar-refractivity contribution in [3.05, 3.63) is 67.2 Å². The molecule has 1 aliphatic rings. The van der Waals surface area contributed by atoms with E-state index in [2.05, 4.69) is 30.9 Å². The number of aromatic amines is 1. The van der Waals surface area contributed by atoms with E-state index in [4.69, 9.17) is 23.2 Å². The van der Waals surface area contributed by atoms with Gasteiger partial charge in [0.25, 0.3) is 5.56 Å². The van der Waals surface area contributed by atoms with Crippen molar-refractivity contribution in [2.24, 2.45) is 0 Å². The van der Waals surface area contributed by atoms with Crippen LogP contribution in [0, 0.1) is 0 Å². The lowest BCUT2D eigenvalue weighted by atomic mass is 10.2. The first kappa shape index (κ1) is 19.6. The molecule has 1 aliphatic heterocycles. The minimum atomic E-state index is -0.385. The number of anilines is 1. The van der Waals surface area contributed by atoms with Gasteiger partial charge in [-0.2, -0.15) is 9.78 Å². The van der Waals surface area contributed by atoms with Crippen LogP contribution in [0.4, 0.5) is 5.69 Å². The van der Waals surface area contributed by atoms with Crippen LogP contribution < -0.4 is 10.5 Å². The maximum atomic E-state index is 12.9. The third-order valence-corrected chi connectivity index (χ3v) is 6.77. The van der Waals surface area contributed by atoms with Gasteiger partial charge in [-0.1, -0.05) is 35.3 Å². The smallest absolute Gasteiger partial charge is 0.295 e. The average Bonchev–Trinajstić information content (AvgIpc) is 3.36. The number of benzene rings is 1. The van der Waals surface area contributed by atoms with Gasteiger partial charge in [-0.05, 0) is 24.3 Å². The molecular weight excluding hydrogens is 443 g/mol. The van der Waals surface area contributed by atoms with Gasteiger partial charge in [0, 0.05) is 37.6 Å². The summed E-state index contributed by atoms with van der Waals surface area (Å²) in [6, 6.07) is 11.6.